The van der Waals surface area contributed by atoms with Crippen molar-refractivity contribution in [2.24, 2.45) is 0 Å². The molecule has 0 aliphatic rings. The van der Waals surface area contributed by atoms with E-state index in [-0.39, 0.29) is 5.75 Å². The van der Waals surface area contributed by atoms with Crippen LogP contribution in [0.2, 0.25) is 0 Å². The molecule has 0 saturated carbocycles. The van der Waals surface area contributed by atoms with Crippen LogP contribution in [0.15, 0.2) is 78.1 Å². The maximum absolute atomic E-state index is 12.6. The highest BCUT2D eigenvalue weighted by atomic mass is 32.2. The Bertz CT molecular complexity index is 1510. The molecular formula is C27H26F2N2O3S2. The number of benzene rings is 2. The number of sulfone groups is 1. The number of nitrogens with zero attached hydrogens (tertiary/aromatic N) is 2. The van der Waals surface area contributed by atoms with Gasteiger partial charge in [-0.1, -0.05) is 24.3 Å². The van der Waals surface area contributed by atoms with Crippen molar-refractivity contribution in [2.75, 3.05) is 12.0 Å². The zero-order valence-electron chi connectivity index (χ0n) is 20.0. The molecule has 4 rings (SSSR count). The third-order valence-electron chi connectivity index (χ3n) is 6.26. The van der Waals surface area contributed by atoms with Crippen molar-refractivity contribution in [3.05, 3.63) is 78.8 Å². The van der Waals surface area contributed by atoms with Crippen LogP contribution in [0, 0.1) is 0 Å². The molecule has 5 nitrogen and oxygen atoms in total. The third-order valence-corrected chi connectivity index (χ3v) is 9.41. The number of rotatable bonds is 8. The van der Waals surface area contributed by atoms with Crippen molar-refractivity contribution in [1.29, 1.82) is 0 Å². The van der Waals surface area contributed by atoms with Gasteiger partial charge in [-0.2, -0.15) is 0 Å². The molecule has 9 heteroatoms. The third kappa shape index (κ3) is 5.43. The van der Waals surface area contributed by atoms with Gasteiger partial charge in [0.05, 0.1) is 10.3 Å². The molecule has 4 aromatic rings. The number of pyridine rings is 2. The maximum atomic E-state index is 12.6. The van der Waals surface area contributed by atoms with Crippen molar-refractivity contribution in [2.45, 2.75) is 36.0 Å². The predicted octanol–water partition coefficient (Wildman–Crippen LogP) is 5.96. The lowest BCUT2D eigenvalue weighted by Gasteiger charge is -2.24. The Morgan fingerprint density at radius 1 is 1.00 bits per heavy atom. The minimum absolute atomic E-state index is 0.136. The van der Waals surface area contributed by atoms with Crippen LogP contribution >= 0.6 is 11.8 Å². The van der Waals surface area contributed by atoms with Crippen LogP contribution in [0.5, 0.6) is 0 Å². The first-order chi connectivity index (χ1) is 17.0. The summed E-state index contributed by atoms with van der Waals surface area (Å²) in [7, 11) is -3.39. The fraction of sp³-hybridized carbons (Fsp3) is 0.259. The molecule has 0 amide bonds. The van der Waals surface area contributed by atoms with Gasteiger partial charge in [-0.3, -0.25) is 9.97 Å². The minimum atomic E-state index is -3.39. The van der Waals surface area contributed by atoms with Crippen LogP contribution in [0.1, 0.15) is 19.4 Å². The fourth-order valence-corrected chi connectivity index (χ4v) is 5.15. The van der Waals surface area contributed by atoms with E-state index in [9.17, 15) is 22.3 Å². The molecule has 2 aromatic heterocycles. The first kappa shape index (κ1) is 26.2. The van der Waals surface area contributed by atoms with E-state index < -0.39 is 27.1 Å². The summed E-state index contributed by atoms with van der Waals surface area (Å²) >= 11 is 1.12. The molecule has 36 heavy (non-hydrogen) atoms. The molecule has 1 atom stereocenters. The second-order valence-electron chi connectivity index (χ2n) is 9.08. The lowest BCUT2D eigenvalue weighted by Crippen LogP contribution is -2.28. The zero-order chi connectivity index (χ0) is 26.1. The summed E-state index contributed by atoms with van der Waals surface area (Å²) < 4.78 is 49.3. The number of aromatic nitrogens is 2. The van der Waals surface area contributed by atoms with Gasteiger partial charge in [-0.25, -0.2) is 17.2 Å². The number of hydrogen-bond donors (Lipinski definition) is 1. The van der Waals surface area contributed by atoms with Crippen LogP contribution in [-0.2, 0) is 14.6 Å². The fourth-order valence-electron chi connectivity index (χ4n) is 3.75. The normalized spacial score (nSPS) is 13.3. The summed E-state index contributed by atoms with van der Waals surface area (Å²) in [4.78, 5) is 9.47. The molecule has 2 aromatic carbocycles. The van der Waals surface area contributed by atoms with E-state index in [1.54, 1.807) is 32.4 Å². The lowest BCUT2D eigenvalue weighted by atomic mass is 9.92. The number of alkyl halides is 2. The summed E-state index contributed by atoms with van der Waals surface area (Å²) in [6, 6.07) is 17.1. The van der Waals surface area contributed by atoms with E-state index in [2.05, 4.69) is 9.97 Å². The summed E-state index contributed by atoms with van der Waals surface area (Å²) in [5.74, 6) is -0.136. The maximum Gasteiger partial charge on any atom is 0.264 e. The molecule has 188 valence electrons. The molecule has 1 unspecified atom stereocenters. The van der Waals surface area contributed by atoms with E-state index in [4.69, 9.17) is 0 Å². The van der Waals surface area contributed by atoms with Gasteiger partial charge in [0.2, 0.25) is 0 Å². The lowest BCUT2D eigenvalue weighted by molar-refractivity contribution is 0.0101. The predicted molar refractivity (Wildman–Crippen MR) is 141 cm³/mol. The number of hydrogen-bond acceptors (Lipinski definition) is 6. The van der Waals surface area contributed by atoms with E-state index in [1.807, 2.05) is 54.6 Å². The molecule has 0 aliphatic carbocycles. The Morgan fingerprint density at radius 2 is 1.75 bits per heavy atom. The van der Waals surface area contributed by atoms with Gasteiger partial charge in [-0.15, -0.1) is 11.8 Å². The van der Waals surface area contributed by atoms with Crippen LogP contribution in [0.25, 0.3) is 33.2 Å². The highest BCUT2D eigenvalue weighted by Crippen LogP contribution is 2.37. The van der Waals surface area contributed by atoms with Crippen molar-refractivity contribution in [3.63, 3.8) is 0 Å². The van der Waals surface area contributed by atoms with Crippen LogP contribution < -0.4 is 0 Å². The minimum Gasteiger partial charge on any atom is -0.386 e. The Labute approximate surface area is 213 Å². The monoisotopic (exact) mass is 528 g/mol. The van der Waals surface area contributed by atoms with Crippen LogP contribution in [-0.4, -0.2) is 48.0 Å². The number of halogens is 2. The molecular weight excluding hydrogens is 502 g/mol. The van der Waals surface area contributed by atoms with Gasteiger partial charge in [0.1, 0.15) is 6.10 Å². The molecule has 0 bridgehead atoms. The van der Waals surface area contributed by atoms with Crippen LogP contribution in [0.4, 0.5) is 8.78 Å². The molecule has 0 fully saturated rings. The first-order valence-corrected chi connectivity index (χ1v) is 14.1. The van der Waals surface area contributed by atoms with Crippen LogP contribution in [0.3, 0.4) is 0 Å². The van der Waals surface area contributed by atoms with Crippen molar-refractivity contribution >= 4 is 32.5 Å². The zero-order valence-corrected chi connectivity index (χ0v) is 21.7. The standard InChI is InChI=1S/C27H26F2N2O3S2/c1-27(2,36(3,33)34)21-11-19-8-5-9-31-25(19)23(13-21)18-7-4-6-17(10-18)20-12-22(15-30-14-20)35-16-24(32)26(28)29/h4-15,24,26,32H,16H2,1-3H3. The molecule has 0 saturated heterocycles. The quantitative estimate of drug-likeness (QED) is 0.284. The molecule has 2 heterocycles. The summed E-state index contributed by atoms with van der Waals surface area (Å²) in [5, 5.41) is 10.3. The Balaban J connectivity index is 1.78. The highest BCUT2D eigenvalue weighted by Gasteiger charge is 2.33. The Morgan fingerprint density at radius 3 is 2.47 bits per heavy atom. The molecule has 0 spiro atoms. The van der Waals surface area contributed by atoms with E-state index in [1.165, 1.54) is 6.26 Å². The number of aliphatic hydroxyl groups is 1. The smallest absolute Gasteiger partial charge is 0.264 e. The highest BCUT2D eigenvalue weighted by molar-refractivity contribution is 7.99. The number of aliphatic hydroxyl groups excluding tert-OH is 1. The molecule has 0 aliphatic heterocycles. The largest absolute Gasteiger partial charge is 0.386 e. The second kappa shape index (κ2) is 10.2. The molecule has 0 radical (unpaired) electrons. The van der Waals surface area contributed by atoms with E-state index in [0.717, 1.165) is 44.9 Å². The van der Waals surface area contributed by atoms with Gasteiger partial charge < -0.3 is 5.11 Å². The van der Waals surface area contributed by atoms with Gasteiger partial charge in [0.15, 0.2) is 9.84 Å². The van der Waals surface area contributed by atoms with Crippen molar-refractivity contribution in [1.82, 2.24) is 9.97 Å². The average molecular weight is 529 g/mol. The van der Waals surface area contributed by atoms with Gasteiger partial charge in [0, 0.05) is 52.0 Å². The second-order valence-corrected chi connectivity index (χ2v) is 12.7. The Hall–Kier alpha value is -2.88. The average Bonchev–Trinajstić information content (AvgIpc) is 2.86. The summed E-state index contributed by atoms with van der Waals surface area (Å²) in [5.41, 5.74) is 4.73. The number of fused-ring (bicyclic) bond motifs is 1. The Kier molecular flexibility index (Phi) is 7.45. The van der Waals surface area contributed by atoms with Crippen molar-refractivity contribution in [3.8, 4) is 22.3 Å². The summed E-state index contributed by atoms with van der Waals surface area (Å²) in [6.07, 6.45) is 1.70. The van der Waals surface area contributed by atoms with Crippen molar-refractivity contribution < 1.29 is 22.3 Å². The van der Waals surface area contributed by atoms with E-state index in [0.29, 0.717) is 10.5 Å². The summed E-state index contributed by atoms with van der Waals surface area (Å²) in [6.45, 7) is 3.39. The van der Waals surface area contributed by atoms with Gasteiger partial charge in [0.25, 0.3) is 6.43 Å². The SMILES string of the molecule is CC(C)(c1cc(-c2cccc(-c3cncc(SCC(O)C(F)F)c3)c2)c2ncccc2c1)S(C)(=O)=O. The first-order valence-electron chi connectivity index (χ1n) is 11.2. The number of thioether (sulfide) groups is 1. The van der Waals surface area contributed by atoms with E-state index >= 15 is 0 Å². The van der Waals surface area contributed by atoms with Gasteiger partial charge >= 0.3 is 0 Å². The molecule has 1 N–H and O–H groups in total. The topological polar surface area (TPSA) is 80.2 Å². The van der Waals surface area contributed by atoms with Gasteiger partial charge in [-0.05, 0) is 60.9 Å².